The van der Waals surface area contributed by atoms with E-state index in [0.717, 1.165) is 11.1 Å². The van der Waals surface area contributed by atoms with Crippen molar-refractivity contribution in [2.24, 2.45) is 9.98 Å². The van der Waals surface area contributed by atoms with Crippen LogP contribution in [0.1, 0.15) is 23.2 Å². The summed E-state index contributed by atoms with van der Waals surface area (Å²) in [5, 5.41) is 4.94. The fourth-order valence-electron chi connectivity index (χ4n) is 2.76. The topological polar surface area (TPSA) is 55.2 Å². The molecule has 27 heavy (non-hydrogen) atoms. The average Bonchev–Trinajstić information content (AvgIpc) is 3.30. The maximum Gasteiger partial charge on any atom is 0.293 e. The second-order valence-corrected chi connectivity index (χ2v) is 7.62. The summed E-state index contributed by atoms with van der Waals surface area (Å²) in [5.74, 6) is 0. The van der Waals surface area contributed by atoms with Crippen LogP contribution in [0, 0.1) is 0 Å². The van der Waals surface area contributed by atoms with Crippen molar-refractivity contribution >= 4 is 58.4 Å². The molecule has 2 aromatic carbocycles. The lowest BCUT2D eigenvalue weighted by Gasteiger charge is -2.06. The van der Waals surface area contributed by atoms with Gasteiger partial charge in [0.2, 0.25) is 0 Å². The highest BCUT2D eigenvalue weighted by molar-refractivity contribution is 6.42. The van der Waals surface area contributed by atoms with Crippen LogP contribution in [0.4, 0.5) is 0 Å². The quantitative estimate of drug-likeness (QED) is 0.670. The van der Waals surface area contributed by atoms with Crippen molar-refractivity contribution in [1.82, 2.24) is 5.32 Å². The van der Waals surface area contributed by atoms with Gasteiger partial charge < -0.3 is 9.47 Å². The van der Waals surface area contributed by atoms with Gasteiger partial charge in [-0.15, -0.1) is 0 Å². The minimum atomic E-state index is -0.171. The lowest BCUT2D eigenvalue weighted by Crippen LogP contribution is -2.30. The smallest absolute Gasteiger partial charge is 0.293 e. The summed E-state index contributed by atoms with van der Waals surface area (Å²) in [6, 6.07) is 11.2. The van der Waals surface area contributed by atoms with Gasteiger partial charge in [-0.1, -0.05) is 58.5 Å². The second-order valence-electron chi connectivity index (χ2n) is 5.99. The van der Waals surface area contributed by atoms with Crippen LogP contribution in [0.5, 0.6) is 0 Å². The zero-order valence-electron chi connectivity index (χ0n) is 13.8. The van der Waals surface area contributed by atoms with Crippen LogP contribution in [0.3, 0.4) is 0 Å². The molecule has 2 aromatic rings. The van der Waals surface area contributed by atoms with E-state index >= 15 is 0 Å². The summed E-state index contributed by atoms with van der Waals surface area (Å²) in [6.07, 6.45) is 0. The molecule has 0 saturated heterocycles. The Bertz CT molecular complexity index is 873. The molecule has 0 unspecified atom stereocenters. The summed E-state index contributed by atoms with van der Waals surface area (Å²) in [5.41, 5.74) is 1.84. The lowest BCUT2D eigenvalue weighted by atomic mass is 10.1. The normalized spacial score (nSPS) is 21.3. The molecule has 2 aliphatic heterocycles. The Morgan fingerprint density at radius 2 is 1.15 bits per heavy atom. The molecular weight excluding hydrogens is 432 g/mol. The molecule has 2 heterocycles. The van der Waals surface area contributed by atoms with Gasteiger partial charge in [0.1, 0.15) is 25.3 Å². The summed E-state index contributed by atoms with van der Waals surface area (Å²) in [4.78, 5) is 9.00. The number of ether oxygens (including phenoxy) is 2. The van der Waals surface area contributed by atoms with Crippen LogP contribution in [0.15, 0.2) is 46.4 Å². The van der Waals surface area contributed by atoms with Crippen LogP contribution < -0.4 is 5.32 Å². The van der Waals surface area contributed by atoms with E-state index in [2.05, 4.69) is 15.3 Å². The van der Waals surface area contributed by atoms with Crippen molar-refractivity contribution in [3.05, 3.63) is 67.6 Å². The maximum absolute atomic E-state index is 6.07. The Balaban J connectivity index is 1.44. The van der Waals surface area contributed by atoms with Crippen LogP contribution in [0.25, 0.3) is 0 Å². The average molecular weight is 445 g/mol. The third-order valence-corrected chi connectivity index (χ3v) is 5.65. The molecule has 0 amide bonds. The highest BCUT2D eigenvalue weighted by Crippen LogP contribution is 2.31. The number of hydrogen-bond acceptors (Lipinski definition) is 5. The van der Waals surface area contributed by atoms with Gasteiger partial charge in [-0.05, 0) is 35.4 Å². The first-order valence-electron chi connectivity index (χ1n) is 8.08. The zero-order valence-corrected chi connectivity index (χ0v) is 16.8. The number of rotatable bonds is 2. The molecule has 0 radical (unpaired) electrons. The van der Waals surface area contributed by atoms with Crippen molar-refractivity contribution in [1.29, 1.82) is 0 Å². The first-order valence-corrected chi connectivity index (χ1v) is 9.59. The van der Waals surface area contributed by atoms with E-state index < -0.39 is 0 Å². The molecule has 2 atom stereocenters. The van der Waals surface area contributed by atoms with Crippen LogP contribution in [0.2, 0.25) is 20.1 Å². The Morgan fingerprint density at radius 3 is 1.56 bits per heavy atom. The molecule has 0 bridgehead atoms. The molecule has 4 rings (SSSR count). The summed E-state index contributed by atoms with van der Waals surface area (Å²) in [7, 11) is 0. The molecule has 9 heteroatoms. The Hall–Kier alpha value is -1.66. The van der Waals surface area contributed by atoms with E-state index in [0.29, 0.717) is 45.3 Å². The number of nitrogens with one attached hydrogen (secondary N) is 1. The molecule has 0 aromatic heterocycles. The second kappa shape index (κ2) is 7.76. The van der Waals surface area contributed by atoms with E-state index in [1.54, 1.807) is 24.3 Å². The predicted octanol–water partition coefficient (Wildman–Crippen LogP) is 5.44. The first kappa shape index (κ1) is 18.7. The Kier molecular flexibility index (Phi) is 5.37. The minimum absolute atomic E-state index is 0.171. The number of hydrogen-bond donors (Lipinski definition) is 1. The van der Waals surface area contributed by atoms with Crippen molar-refractivity contribution in [3.8, 4) is 0 Å². The van der Waals surface area contributed by atoms with E-state index in [9.17, 15) is 0 Å². The molecular formula is C18H13Cl4N3O2. The summed E-state index contributed by atoms with van der Waals surface area (Å²) < 4.78 is 11.2. The highest BCUT2D eigenvalue weighted by Gasteiger charge is 2.26. The van der Waals surface area contributed by atoms with E-state index in [4.69, 9.17) is 55.9 Å². The van der Waals surface area contributed by atoms with Crippen LogP contribution in [-0.4, -0.2) is 25.3 Å². The zero-order chi connectivity index (χ0) is 19.0. The minimum Gasteiger partial charge on any atom is -0.462 e. The standard InChI is InChI=1S/C18H13Cl4N3O2/c19-11-3-1-9(5-13(11)21)15-7-26-17(23-15)25-18-24-16(8-27-18)10-2-4-12(20)14(22)6-10/h1-6,15-16H,7-8H2,(H,23,24,25)/t15-,16-/m1/s1. The van der Waals surface area contributed by atoms with Crippen molar-refractivity contribution in [3.63, 3.8) is 0 Å². The van der Waals surface area contributed by atoms with E-state index in [1.165, 1.54) is 0 Å². The number of benzene rings is 2. The van der Waals surface area contributed by atoms with Gasteiger partial charge >= 0.3 is 0 Å². The Labute approximate surface area is 175 Å². The van der Waals surface area contributed by atoms with E-state index in [-0.39, 0.29) is 12.1 Å². The van der Waals surface area contributed by atoms with Gasteiger partial charge in [0.25, 0.3) is 12.0 Å². The molecule has 0 fully saturated rings. The number of halogens is 4. The molecule has 2 aliphatic rings. The highest BCUT2D eigenvalue weighted by atomic mass is 35.5. The fraction of sp³-hybridized carbons (Fsp3) is 0.222. The molecule has 0 spiro atoms. The molecule has 5 nitrogen and oxygen atoms in total. The molecule has 0 aliphatic carbocycles. The van der Waals surface area contributed by atoms with Crippen molar-refractivity contribution < 1.29 is 9.47 Å². The van der Waals surface area contributed by atoms with E-state index in [1.807, 2.05) is 12.1 Å². The van der Waals surface area contributed by atoms with Gasteiger partial charge in [-0.2, -0.15) is 0 Å². The molecule has 1 N–H and O–H groups in total. The predicted molar refractivity (Wildman–Crippen MR) is 108 cm³/mol. The summed E-state index contributed by atoms with van der Waals surface area (Å²) >= 11 is 24.0. The number of nitrogens with zero attached hydrogens (tertiary/aromatic N) is 2. The third kappa shape index (κ3) is 4.11. The largest absolute Gasteiger partial charge is 0.462 e. The van der Waals surface area contributed by atoms with Crippen molar-refractivity contribution in [2.75, 3.05) is 13.2 Å². The van der Waals surface area contributed by atoms with Gasteiger partial charge in [0, 0.05) is 0 Å². The fourth-order valence-corrected chi connectivity index (χ4v) is 3.37. The van der Waals surface area contributed by atoms with Gasteiger partial charge in [-0.3, -0.25) is 5.32 Å². The third-order valence-electron chi connectivity index (χ3n) is 4.17. The summed E-state index contributed by atoms with van der Waals surface area (Å²) in [6.45, 7) is 0.785. The Morgan fingerprint density at radius 1 is 0.704 bits per heavy atom. The van der Waals surface area contributed by atoms with Crippen molar-refractivity contribution in [2.45, 2.75) is 12.1 Å². The van der Waals surface area contributed by atoms with Gasteiger partial charge in [0.15, 0.2) is 0 Å². The first-order chi connectivity index (χ1) is 13.0. The molecule has 0 saturated carbocycles. The van der Waals surface area contributed by atoms with Gasteiger partial charge in [-0.25, -0.2) is 9.98 Å². The number of aliphatic imine (C=N–C) groups is 2. The monoisotopic (exact) mass is 443 g/mol. The SMILES string of the molecule is Clc1ccc([C@H]2COC(NC3=N[C@@H](c4ccc(Cl)c(Cl)c4)CO3)=N2)cc1Cl. The maximum atomic E-state index is 6.07. The number of amidine groups is 2. The van der Waals surface area contributed by atoms with Crippen LogP contribution in [-0.2, 0) is 9.47 Å². The van der Waals surface area contributed by atoms with Gasteiger partial charge in [0.05, 0.1) is 20.1 Å². The lowest BCUT2D eigenvalue weighted by molar-refractivity contribution is 0.293. The van der Waals surface area contributed by atoms with Crippen LogP contribution >= 0.6 is 46.4 Å². The molecule has 140 valence electrons.